The summed E-state index contributed by atoms with van der Waals surface area (Å²) in [6.07, 6.45) is 7.62. The number of carbonyl (C=O) groups is 1. The molecule has 1 aliphatic carbocycles. The number of aryl methyl sites for hydroxylation is 2. The first-order chi connectivity index (χ1) is 13.6. The molecule has 146 valence electrons. The molecule has 3 aromatic rings. The van der Waals surface area contributed by atoms with Crippen LogP contribution < -0.4 is 10.9 Å². The second kappa shape index (κ2) is 8.27. The molecular formula is C22H25N3O2S. The van der Waals surface area contributed by atoms with Crippen LogP contribution in [-0.4, -0.2) is 21.5 Å². The van der Waals surface area contributed by atoms with Gasteiger partial charge in [0.15, 0.2) is 0 Å². The number of benzene rings is 1. The van der Waals surface area contributed by atoms with Gasteiger partial charge in [-0.3, -0.25) is 14.2 Å². The van der Waals surface area contributed by atoms with Crippen LogP contribution in [0.5, 0.6) is 0 Å². The zero-order valence-corrected chi connectivity index (χ0v) is 16.9. The molecule has 5 nitrogen and oxygen atoms in total. The van der Waals surface area contributed by atoms with E-state index in [0.717, 1.165) is 28.8 Å². The number of hydrogen-bond donors (Lipinski definition) is 1. The second-order valence-corrected chi connectivity index (χ2v) is 8.45. The van der Waals surface area contributed by atoms with Gasteiger partial charge in [-0.2, -0.15) is 0 Å². The average Bonchev–Trinajstić information content (AvgIpc) is 3.14. The van der Waals surface area contributed by atoms with Crippen molar-refractivity contribution in [2.75, 3.05) is 0 Å². The van der Waals surface area contributed by atoms with Gasteiger partial charge in [-0.25, -0.2) is 4.98 Å². The van der Waals surface area contributed by atoms with Crippen LogP contribution in [-0.2, 0) is 11.3 Å². The molecule has 1 N–H and O–H groups in total. The standard InChI is InChI=1S/C22H25N3O2S/c1-15-7-9-16(10-8-15)18-13-28-21-20(18)22(27)25(14-23-21)12-11-19(26)24-17-5-3-2-4-6-17/h7-10,13-14,17H,2-6,11-12H2,1H3,(H,24,26). The highest BCUT2D eigenvalue weighted by molar-refractivity contribution is 7.17. The average molecular weight is 396 g/mol. The summed E-state index contributed by atoms with van der Waals surface area (Å²) in [4.78, 5) is 30.5. The van der Waals surface area contributed by atoms with E-state index in [9.17, 15) is 9.59 Å². The van der Waals surface area contributed by atoms with Crippen molar-refractivity contribution in [3.63, 3.8) is 0 Å². The number of nitrogens with zero attached hydrogens (tertiary/aromatic N) is 2. The van der Waals surface area contributed by atoms with Crippen LogP contribution in [0.15, 0.2) is 40.8 Å². The number of nitrogens with one attached hydrogen (secondary N) is 1. The molecule has 0 bridgehead atoms. The number of carbonyl (C=O) groups excluding carboxylic acids is 1. The van der Waals surface area contributed by atoms with Gasteiger partial charge in [0.05, 0.1) is 11.7 Å². The summed E-state index contributed by atoms with van der Waals surface area (Å²) in [6.45, 7) is 2.39. The number of amides is 1. The molecule has 0 radical (unpaired) electrons. The van der Waals surface area contributed by atoms with Crippen LogP contribution >= 0.6 is 11.3 Å². The molecule has 2 aromatic heterocycles. The Morgan fingerprint density at radius 1 is 1.21 bits per heavy atom. The van der Waals surface area contributed by atoms with E-state index in [1.54, 1.807) is 10.9 Å². The number of rotatable bonds is 5. The number of thiophene rings is 1. The normalized spacial score (nSPS) is 15.0. The van der Waals surface area contributed by atoms with Crippen molar-refractivity contribution in [2.24, 2.45) is 0 Å². The van der Waals surface area contributed by atoms with Crippen LogP contribution in [0.25, 0.3) is 21.3 Å². The zero-order chi connectivity index (χ0) is 19.5. The lowest BCUT2D eigenvalue weighted by Gasteiger charge is -2.22. The lowest BCUT2D eigenvalue weighted by atomic mass is 9.95. The van der Waals surface area contributed by atoms with E-state index < -0.39 is 0 Å². The fraction of sp³-hybridized carbons (Fsp3) is 0.409. The van der Waals surface area contributed by atoms with E-state index >= 15 is 0 Å². The Hall–Kier alpha value is -2.47. The van der Waals surface area contributed by atoms with Crippen LogP contribution in [0.1, 0.15) is 44.1 Å². The molecule has 1 amide bonds. The first-order valence-electron chi connectivity index (χ1n) is 9.95. The Balaban J connectivity index is 1.52. The Morgan fingerprint density at radius 3 is 2.71 bits per heavy atom. The summed E-state index contributed by atoms with van der Waals surface area (Å²) in [6, 6.07) is 8.45. The highest BCUT2D eigenvalue weighted by atomic mass is 32.1. The quantitative estimate of drug-likeness (QED) is 0.702. The summed E-state index contributed by atoms with van der Waals surface area (Å²) < 4.78 is 1.56. The van der Waals surface area contributed by atoms with E-state index in [4.69, 9.17) is 0 Å². The molecule has 0 atom stereocenters. The summed E-state index contributed by atoms with van der Waals surface area (Å²) in [5.74, 6) is 0.0166. The van der Waals surface area contributed by atoms with Crippen LogP contribution in [0.4, 0.5) is 0 Å². The Kier molecular flexibility index (Phi) is 5.57. The third-order valence-electron chi connectivity index (χ3n) is 5.47. The number of hydrogen-bond acceptors (Lipinski definition) is 4. The third kappa shape index (κ3) is 4.02. The minimum atomic E-state index is -0.0766. The van der Waals surface area contributed by atoms with Crippen LogP contribution in [0.2, 0.25) is 0 Å². The summed E-state index contributed by atoms with van der Waals surface area (Å²) >= 11 is 1.48. The molecule has 1 fully saturated rings. The van der Waals surface area contributed by atoms with Crippen molar-refractivity contribution in [3.8, 4) is 11.1 Å². The molecule has 2 heterocycles. The third-order valence-corrected chi connectivity index (χ3v) is 6.36. The Bertz CT molecular complexity index is 1030. The van der Waals surface area contributed by atoms with E-state index in [-0.39, 0.29) is 11.5 Å². The van der Waals surface area contributed by atoms with E-state index in [0.29, 0.717) is 24.4 Å². The summed E-state index contributed by atoms with van der Waals surface area (Å²) in [5.41, 5.74) is 3.04. The largest absolute Gasteiger partial charge is 0.353 e. The minimum absolute atomic E-state index is 0.0166. The highest BCUT2D eigenvalue weighted by Gasteiger charge is 2.17. The SMILES string of the molecule is Cc1ccc(-c2csc3ncn(CCC(=O)NC4CCCCC4)c(=O)c23)cc1. The maximum Gasteiger partial charge on any atom is 0.262 e. The van der Waals surface area contributed by atoms with Gasteiger partial charge in [-0.15, -0.1) is 11.3 Å². The summed E-state index contributed by atoms with van der Waals surface area (Å²) in [7, 11) is 0. The van der Waals surface area contributed by atoms with Crippen molar-refractivity contribution in [1.29, 1.82) is 0 Å². The zero-order valence-electron chi connectivity index (χ0n) is 16.1. The first kappa shape index (κ1) is 18.9. The molecule has 28 heavy (non-hydrogen) atoms. The second-order valence-electron chi connectivity index (χ2n) is 7.59. The number of fused-ring (bicyclic) bond motifs is 1. The van der Waals surface area contributed by atoms with Crippen molar-refractivity contribution in [3.05, 3.63) is 51.9 Å². The van der Waals surface area contributed by atoms with Crippen molar-refractivity contribution < 1.29 is 4.79 Å². The lowest BCUT2D eigenvalue weighted by molar-refractivity contribution is -0.122. The molecule has 1 saturated carbocycles. The Labute approximate surface area is 168 Å². The molecule has 1 aromatic carbocycles. The van der Waals surface area contributed by atoms with Crippen molar-refractivity contribution in [2.45, 2.75) is 58.0 Å². The van der Waals surface area contributed by atoms with Crippen molar-refractivity contribution >= 4 is 27.5 Å². The van der Waals surface area contributed by atoms with Gasteiger partial charge in [-0.1, -0.05) is 49.1 Å². The predicted octanol–water partition coefficient (Wildman–Crippen LogP) is 4.27. The lowest BCUT2D eigenvalue weighted by Crippen LogP contribution is -2.37. The van der Waals surface area contributed by atoms with E-state index in [1.807, 2.05) is 36.6 Å². The Morgan fingerprint density at radius 2 is 1.96 bits per heavy atom. The monoisotopic (exact) mass is 395 g/mol. The van der Waals surface area contributed by atoms with Gasteiger partial charge < -0.3 is 5.32 Å². The van der Waals surface area contributed by atoms with Crippen LogP contribution in [0.3, 0.4) is 0 Å². The van der Waals surface area contributed by atoms with Gasteiger partial charge in [-0.05, 0) is 25.3 Å². The van der Waals surface area contributed by atoms with Gasteiger partial charge in [0.25, 0.3) is 5.56 Å². The molecule has 0 unspecified atom stereocenters. The molecule has 1 aliphatic rings. The topological polar surface area (TPSA) is 64.0 Å². The molecule has 4 rings (SSSR count). The fourth-order valence-electron chi connectivity index (χ4n) is 3.84. The number of aromatic nitrogens is 2. The maximum absolute atomic E-state index is 13.1. The van der Waals surface area contributed by atoms with Gasteiger partial charge in [0, 0.05) is 30.0 Å². The van der Waals surface area contributed by atoms with E-state index in [2.05, 4.69) is 10.3 Å². The molecule has 6 heteroatoms. The van der Waals surface area contributed by atoms with Gasteiger partial charge >= 0.3 is 0 Å². The molecule has 0 spiro atoms. The summed E-state index contributed by atoms with van der Waals surface area (Å²) in [5, 5.41) is 5.74. The highest BCUT2D eigenvalue weighted by Crippen LogP contribution is 2.30. The van der Waals surface area contributed by atoms with Crippen molar-refractivity contribution in [1.82, 2.24) is 14.9 Å². The smallest absolute Gasteiger partial charge is 0.262 e. The first-order valence-corrected chi connectivity index (χ1v) is 10.8. The predicted molar refractivity (Wildman–Crippen MR) is 114 cm³/mol. The van der Waals surface area contributed by atoms with E-state index in [1.165, 1.54) is 36.2 Å². The van der Waals surface area contributed by atoms with Gasteiger partial charge in [0.2, 0.25) is 5.91 Å². The fourth-order valence-corrected chi connectivity index (χ4v) is 4.75. The minimum Gasteiger partial charge on any atom is -0.353 e. The van der Waals surface area contributed by atoms with Crippen LogP contribution in [0, 0.1) is 6.92 Å². The molecule has 0 aliphatic heterocycles. The van der Waals surface area contributed by atoms with Gasteiger partial charge in [0.1, 0.15) is 4.83 Å². The molecule has 0 saturated heterocycles. The molecular weight excluding hydrogens is 370 g/mol. The maximum atomic E-state index is 13.1.